The first kappa shape index (κ1) is 14.7. The molecule has 3 rings (SSSR count). The number of carbonyl (C=O) groups is 2. The van der Waals surface area contributed by atoms with Crippen LogP contribution >= 0.6 is 0 Å². The molecule has 7 heteroatoms. The number of carbonyl (C=O) groups excluding carboxylic acids is 2. The Bertz CT molecular complexity index is 829. The summed E-state index contributed by atoms with van der Waals surface area (Å²) in [6.45, 7) is 0.350. The number of nitrogens with zero attached hydrogens (tertiary/aromatic N) is 2. The fourth-order valence-electron chi connectivity index (χ4n) is 2.10. The summed E-state index contributed by atoms with van der Waals surface area (Å²) in [5.41, 5.74) is 2.72. The maximum Gasteiger partial charge on any atom is 0.251 e. The standard InChI is InChI=1S/C16H15N5O2/c22-15(17-9-11-4-2-1-3-5-11)10-18-16(23)12-6-7-13-14(8-12)20-21-19-13/h1-8H,9-10H2,(H,17,22)(H,18,23)(H,19,20,21). The summed E-state index contributed by atoms with van der Waals surface area (Å²) in [4.78, 5) is 23.8. The number of hydrogen-bond donors (Lipinski definition) is 3. The highest BCUT2D eigenvalue weighted by Gasteiger charge is 2.09. The molecule has 0 spiro atoms. The zero-order chi connectivity index (χ0) is 16.1. The molecule has 116 valence electrons. The molecule has 0 saturated heterocycles. The minimum atomic E-state index is -0.329. The lowest BCUT2D eigenvalue weighted by Crippen LogP contribution is -2.36. The molecular weight excluding hydrogens is 294 g/mol. The second-order valence-electron chi connectivity index (χ2n) is 4.97. The summed E-state index contributed by atoms with van der Waals surface area (Å²) < 4.78 is 0. The van der Waals surface area contributed by atoms with E-state index in [9.17, 15) is 9.59 Å². The SMILES string of the molecule is O=C(CNC(=O)c1ccc2n[nH]nc2c1)NCc1ccccc1. The second-order valence-corrected chi connectivity index (χ2v) is 4.97. The predicted octanol–water partition coefficient (Wildman–Crippen LogP) is 1.00. The van der Waals surface area contributed by atoms with E-state index in [0.29, 0.717) is 23.1 Å². The van der Waals surface area contributed by atoms with Crippen LogP contribution in [0.15, 0.2) is 48.5 Å². The van der Waals surface area contributed by atoms with Gasteiger partial charge >= 0.3 is 0 Å². The van der Waals surface area contributed by atoms with Crippen molar-refractivity contribution in [1.29, 1.82) is 0 Å². The lowest BCUT2D eigenvalue weighted by molar-refractivity contribution is -0.120. The van der Waals surface area contributed by atoms with Gasteiger partial charge in [-0.05, 0) is 23.8 Å². The van der Waals surface area contributed by atoms with E-state index >= 15 is 0 Å². The summed E-state index contributed by atoms with van der Waals surface area (Å²) in [5.74, 6) is -0.575. The largest absolute Gasteiger partial charge is 0.350 e. The molecule has 0 fully saturated rings. The van der Waals surface area contributed by atoms with Crippen molar-refractivity contribution in [3.8, 4) is 0 Å². The number of benzene rings is 2. The quantitative estimate of drug-likeness (QED) is 0.654. The van der Waals surface area contributed by atoms with Crippen LogP contribution < -0.4 is 10.6 Å². The Kier molecular flexibility index (Phi) is 4.28. The van der Waals surface area contributed by atoms with Crippen molar-refractivity contribution in [3.05, 3.63) is 59.7 Å². The van der Waals surface area contributed by atoms with Crippen LogP contribution in [-0.4, -0.2) is 33.8 Å². The van der Waals surface area contributed by atoms with Crippen LogP contribution in [0.2, 0.25) is 0 Å². The van der Waals surface area contributed by atoms with Crippen molar-refractivity contribution in [1.82, 2.24) is 26.0 Å². The van der Waals surface area contributed by atoms with E-state index in [1.807, 2.05) is 30.3 Å². The summed E-state index contributed by atoms with van der Waals surface area (Å²) in [6.07, 6.45) is 0. The molecule has 2 amide bonds. The Morgan fingerprint density at radius 3 is 2.57 bits per heavy atom. The van der Waals surface area contributed by atoms with Gasteiger partial charge in [0.1, 0.15) is 11.0 Å². The predicted molar refractivity (Wildman–Crippen MR) is 84.5 cm³/mol. The molecule has 0 aliphatic rings. The van der Waals surface area contributed by atoms with Gasteiger partial charge in [-0.2, -0.15) is 15.4 Å². The average molecular weight is 309 g/mol. The van der Waals surface area contributed by atoms with Crippen LogP contribution in [0.4, 0.5) is 0 Å². The van der Waals surface area contributed by atoms with Gasteiger partial charge in [-0.15, -0.1) is 0 Å². The van der Waals surface area contributed by atoms with Crippen molar-refractivity contribution >= 4 is 22.8 Å². The number of fused-ring (bicyclic) bond motifs is 1. The van der Waals surface area contributed by atoms with E-state index in [4.69, 9.17) is 0 Å². The minimum absolute atomic E-state index is 0.0808. The Morgan fingerprint density at radius 1 is 0.957 bits per heavy atom. The van der Waals surface area contributed by atoms with E-state index in [2.05, 4.69) is 26.0 Å². The van der Waals surface area contributed by atoms with Gasteiger partial charge < -0.3 is 10.6 Å². The van der Waals surface area contributed by atoms with Crippen molar-refractivity contribution < 1.29 is 9.59 Å². The fourth-order valence-corrected chi connectivity index (χ4v) is 2.10. The van der Waals surface area contributed by atoms with Crippen LogP contribution in [0.25, 0.3) is 11.0 Å². The molecule has 0 atom stereocenters. The molecule has 0 aliphatic heterocycles. The van der Waals surface area contributed by atoms with Gasteiger partial charge in [0.05, 0.1) is 6.54 Å². The number of rotatable bonds is 5. The van der Waals surface area contributed by atoms with Crippen LogP contribution in [0.5, 0.6) is 0 Å². The molecular formula is C16H15N5O2. The lowest BCUT2D eigenvalue weighted by Gasteiger charge is -2.07. The molecule has 7 nitrogen and oxygen atoms in total. The third-order valence-electron chi connectivity index (χ3n) is 3.32. The summed E-state index contributed by atoms with van der Waals surface area (Å²) in [5, 5.41) is 15.7. The van der Waals surface area contributed by atoms with Gasteiger partial charge in [-0.25, -0.2) is 0 Å². The van der Waals surface area contributed by atoms with E-state index < -0.39 is 0 Å². The molecule has 1 aromatic heterocycles. The molecule has 23 heavy (non-hydrogen) atoms. The Balaban J connectivity index is 1.51. The first-order valence-corrected chi connectivity index (χ1v) is 7.12. The van der Waals surface area contributed by atoms with Gasteiger partial charge in [-0.1, -0.05) is 30.3 Å². The third kappa shape index (κ3) is 3.70. The topological polar surface area (TPSA) is 99.8 Å². The van der Waals surface area contributed by atoms with E-state index in [0.717, 1.165) is 5.56 Å². The van der Waals surface area contributed by atoms with Crippen LogP contribution in [0.3, 0.4) is 0 Å². The third-order valence-corrected chi connectivity index (χ3v) is 3.32. The number of aromatic amines is 1. The highest BCUT2D eigenvalue weighted by atomic mass is 16.2. The van der Waals surface area contributed by atoms with Crippen molar-refractivity contribution in [3.63, 3.8) is 0 Å². The summed E-state index contributed by atoms with van der Waals surface area (Å²) in [6, 6.07) is 14.5. The lowest BCUT2D eigenvalue weighted by atomic mass is 10.2. The van der Waals surface area contributed by atoms with Crippen LogP contribution in [0.1, 0.15) is 15.9 Å². The highest BCUT2D eigenvalue weighted by Crippen LogP contribution is 2.10. The number of H-pyrrole nitrogens is 1. The van der Waals surface area contributed by atoms with E-state index in [1.54, 1.807) is 18.2 Å². The maximum absolute atomic E-state index is 12.0. The number of nitrogens with one attached hydrogen (secondary N) is 3. The minimum Gasteiger partial charge on any atom is -0.350 e. The zero-order valence-electron chi connectivity index (χ0n) is 12.2. The number of hydrogen-bond acceptors (Lipinski definition) is 4. The smallest absolute Gasteiger partial charge is 0.251 e. The van der Waals surface area contributed by atoms with Crippen LogP contribution in [-0.2, 0) is 11.3 Å². The van der Waals surface area contributed by atoms with Gasteiger partial charge in [0, 0.05) is 12.1 Å². The van der Waals surface area contributed by atoms with Gasteiger partial charge in [0.2, 0.25) is 5.91 Å². The van der Waals surface area contributed by atoms with Crippen molar-refractivity contribution in [2.24, 2.45) is 0 Å². The highest BCUT2D eigenvalue weighted by molar-refractivity contribution is 5.98. The molecule has 3 aromatic rings. The Hall–Kier alpha value is -3.22. The van der Waals surface area contributed by atoms with Crippen molar-refractivity contribution in [2.45, 2.75) is 6.54 Å². The molecule has 2 aromatic carbocycles. The summed E-state index contributed by atoms with van der Waals surface area (Å²) >= 11 is 0. The average Bonchev–Trinajstić information content (AvgIpc) is 3.06. The first-order chi connectivity index (χ1) is 11.2. The second kappa shape index (κ2) is 6.69. The fraction of sp³-hybridized carbons (Fsp3) is 0.125. The molecule has 1 heterocycles. The molecule has 0 saturated carbocycles. The molecule has 0 bridgehead atoms. The van der Waals surface area contributed by atoms with Crippen LogP contribution in [0, 0.1) is 0 Å². The van der Waals surface area contributed by atoms with Gasteiger partial charge in [0.15, 0.2) is 0 Å². The maximum atomic E-state index is 12.0. The number of aromatic nitrogens is 3. The first-order valence-electron chi connectivity index (χ1n) is 7.12. The molecule has 0 aliphatic carbocycles. The Morgan fingerprint density at radius 2 is 1.74 bits per heavy atom. The van der Waals surface area contributed by atoms with Crippen molar-refractivity contribution in [2.75, 3.05) is 6.54 Å². The van der Waals surface area contributed by atoms with Gasteiger partial charge in [0.25, 0.3) is 5.91 Å². The molecule has 0 unspecified atom stereocenters. The molecule has 3 N–H and O–H groups in total. The zero-order valence-corrected chi connectivity index (χ0v) is 12.2. The molecule has 0 radical (unpaired) electrons. The normalized spacial score (nSPS) is 10.4. The number of amides is 2. The van der Waals surface area contributed by atoms with Gasteiger partial charge in [-0.3, -0.25) is 9.59 Å². The summed E-state index contributed by atoms with van der Waals surface area (Å²) in [7, 11) is 0. The van der Waals surface area contributed by atoms with E-state index in [-0.39, 0.29) is 18.4 Å². The Labute approximate surface area is 132 Å². The monoisotopic (exact) mass is 309 g/mol. The van der Waals surface area contributed by atoms with E-state index in [1.165, 1.54) is 0 Å².